The second kappa shape index (κ2) is 9.64. The largest absolute Gasteiger partial charge is 0.317 e. The van der Waals surface area contributed by atoms with Crippen LogP contribution in [-0.4, -0.2) is 42.6 Å². The molecule has 1 N–H and O–H groups in total. The standard InChI is InChI=1S/C28H27N7/c1-2-5-21(6-3-1)18-34-19-25(16-32-34)22-7-4-8-23(13-22)28-30-14-24(15-31-28)26-17-33-35(20-26)27-9-11-29-12-10-27/h1-8,13-17,19-20,27,29H,9-12,18H2. The predicted octanol–water partition coefficient (Wildman–Crippen LogP) is 4.84. The lowest BCUT2D eigenvalue weighted by atomic mass is 10.1. The minimum Gasteiger partial charge on any atom is -0.317 e. The highest BCUT2D eigenvalue weighted by Gasteiger charge is 2.16. The van der Waals surface area contributed by atoms with E-state index in [4.69, 9.17) is 0 Å². The van der Waals surface area contributed by atoms with Gasteiger partial charge in [0.05, 0.1) is 25.0 Å². The maximum absolute atomic E-state index is 4.66. The molecule has 7 heteroatoms. The van der Waals surface area contributed by atoms with E-state index in [-0.39, 0.29) is 0 Å². The molecular formula is C28H27N7. The van der Waals surface area contributed by atoms with Gasteiger partial charge in [-0.1, -0.05) is 48.5 Å². The van der Waals surface area contributed by atoms with Crippen LogP contribution in [0.3, 0.4) is 0 Å². The minimum atomic E-state index is 0.463. The highest BCUT2D eigenvalue weighted by Crippen LogP contribution is 2.26. The zero-order chi connectivity index (χ0) is 23.5. The van der Waals surface area contributed by atoms with Crippen LogP contribution in [-0.2, 0) is 6.54 Å². The van der Waals surface area contributed by atoms with Crippen LogP contribution in [0, 0.1) is 0 Å². The van der Waals surface area contributed by atoms with Crippen molar-refractivity contribution >= 4 is 0 Å². The van der Waals surface area contributed by atoms with E-state index in [9.17, 15) is 0 Å². The first-order valence-corrected chi connectivity index (χ1v) is 12.1. The Bertz CT molecular complexity index is 1400. The molecule has 0 atom stereocenters. The molecule has 6 rings (SSSR count). The monoisotopic (exact) mass is 461 g/mol. The molecule has 0 spiro atoms. The molecule has 1 saturated heterocycles. The molecule has 174 valence electrons. The van der Waals surface area contributed by atoms with E-state index >= 15 is 0 Å². The second-order valence-electron chi connectivity index (χ2n) is 8.98. The Hall–Kier alpha value is -4.10. The molecule has 35 heavy (non-hydrogen) atoms. The molecule has 0 radical (unpaired) electrons. The van der Waals surface area contributed by atoms with Gasteiger partial charge in [-0.05, 0) is 43.1 Å². The number of benzene rings is 2. The van der Waals surface area contributed by atoms with Gasteiger partial charge in [-0.3, -0.25) is 9.36 Å². The zero-order valence-corrected chi connectivity index (χ0v) is 19.5. The molecule has 0 saturated carbocycles. The van der Waals surface area contributed by atoms with Crippen molar-refractivity contribution in [3.8, 4) is 33.6 Å². The molecule has 0 amide bonds. The summed E-state index contributed by atoms with van der Waals surface area (Å²) in [5.74, 6) is 0.707. The van der Waals surface area contributed by atoms with Gasteiger partial charge in [-0.2, -0.15) is 10.2 Å². The lowest BCUT2D eigenvalue weighted by molar-refractivity contribution is 0.343. The molecule has 2 aromatic carbocycles. The van der Waals surface area contributed by atoms with E-state index in [0.717, 1.165) is 60.3 Å². The van der Waals surface area contributed by atoms with Crippen LogP contribution in [0.4, 0.5) is 0 Å². The van der Waals surface area contributed by atoms with Crippen LogP contribution in [0.25, 0.3) is 33.6 Å². The van der Waals surface area contributed by atoms with Gasteiger partial charge >= 0.3 is 0 Å². The summed E-state index contributed by atoms with van der Waals surface area (Å²) >= 11 is 0. The summed E-state index contributed by atoms with van der Waals surface area (Å²) in [6.45, 7) is 2.84. The highest BCUT2D eigenvalue weighted by molar-refractivity contribution is 5.70. The van der Waals surface area contributed by atoms with E-state index in [0.29, 0.717) is 11.9 Å². The van der Waals surface area contributed by atoms with E-state index in [1.54, 1.807) is 0 Å². The van der Waals surface area contributed by atoms with E-state index < -0.39 is 0 Å². The summed E-state index contributed by atoms with van der Waals surface area (Å²) in [5.41, 5.74) is 6.41. The molecule has 1 aliphatic rings. The lowest BCUT2D eigenvalue weighted by Crippen LogP contribution is -2.29. The Balaban J connectivity index is 1.19. The van der Waals surface area contributed by atoms with Crippen molar-refractivity contribution in [1.29, 1.82) is 0 Å². The molecule has 1 aliphatic heterocycles. The molecule has 7 nitrogen and oxygen atoms in total. The van der Waals surface area contributed by atoms with Gasteiger partial charge < -0.3 is 5.32 Å². The van der Waals surface area contributed by atoms with E-state index in [1.807, 2.05) is 47.7 Å². The van der Waals surface area contributed by atoms with Gasteiger partial charge in [0.15, 0.2) is 5.82 Å². The first kappa shape index (κ1) is 21.4. The Morgan fingerprint density at radius 3 is 2.29 bits per heavy atom. The van der Waals surface area contributed by atoms with Crippen LogP contribution in [0.5, 0.6) is 0 Å². The second-order valence-corrected chi connectivity index (χ2v) is 8.98. The van der Waals surface area contributed by atoms with E-state index in [2.05, 4.69) is 79.0 Å². The van der Waals surface area contributed by atoms with Crippen LogP contribution in [0.2, 0.25) is 0 Å². The number of nitrogens with zero attached hydrogens (tertiary/aromatic N) is 6. The van der Waals surface area contributed by atoms with Gasteiger partial charge in [-0.25, -0.2) is 9.97 Å². The maximum Gasteiger partial charge on any atom is 0.159 e. The molecule has 0 bridgehead atoms. The predicted molar refractivity (Wildman–Crippen MR) is 137 cm³/mol. The van der Waals surface area contributed by atoms with Gasteiger partial charge in [0.25, 0.3) is 0 Å². The summed E-state index contributed by atoms with van der Waals surface area (Å²) in [4.78, 5) is 9.33. The molecule has 0 unspecified atom stereocenters. The van der Waals surface area contributed by atoms with Gasteiger partial charge in [0, 0.05) is 47.0 Å². The average Bonchev–Trinajstić information content (AvgIpc) is 3.61. The highest BCUT2D eigenvalue weighted by atomic mass is 15.3. The summed E-state index contributed by atoms with van der Waals surface area (Å²) in [6.07, 6.45) is 14.0. The van der Waals surface area contributed by atoms with Crippen LogP contribution >= 0.6 is 0 Å². The number of hydrogen-bond acceptors (Lipinski definition) is 5. The average molecular weight is 462 g/mol. The Morgan fingerprint density at radius 2 is 1.46 bits per heavy atom. The van der Waals surface area contributed by atoms with Gasteiger partial charge in [0.1, 0.15) is 0 Å². The zero-order valence-electron chi connectivity index (χ0n) is 19.5. The van der Waals surface area contributed by atoms with Crippen molar-refractivity contribution < 1.29 is 0 Å². The Kier molecular flexibility index (Phi) is 5.90. The summed E-state index contributed by atoms with van der Waals surface area (Å²) in [5, 5.41) is 12.5. The smallest absolute Gasteiger partial charge is 0.159 e. The third-order valence-electron chi connectivity index (χ3n) is 6.54. The first-order chi connectivity index (χ1) is 17.3. The van der Waals surface area contributed by atoms with Gasteiger partial charge in [-0.15, -0.1) is 0 Å². The Morgan fingerprint density at radius 1 is 0.714 bits per heavy atom. The fourth-order valence-electron chi connectivity index (χ4n) is 4.59. The molecule has 3 aromatic heterocycles. The van der Waals surface area contributed by atoms with Crippen molar-refractivity contribution in [2.45, 2.75) is 25.4 Å². The van der Waals surface area contributed by atoms with Crippen LogP contribution in [0.15, 0.2) is 91.8 Å². The first-order valence-electron chi connectivity index (χ1n) is 12.1. The molecule has 5 aromatic rings. The van der Waals surface area contributed by atoms with Crippen molar-refractivity contribution in [3.05, 3.63) is 97.3 Å². The summed E-state index contributed by atoms with van der Waals surface area (Å²) in [6, 6.07) is 19.1. The molecule has 4 heterocycles. The third-order valence-corrected chi connectivity index (χ3v) is 6.54. The fourth-order valence-corrected chi connectivity index (χ4v) is 4.59. The number of nitrogens with one attached hydrogen (secondary N) is 1. The Labute approximate surface area is 204 Å². The van der Waals surface area contributed by atoms with Crippen molar-refractivity contribution in [2.24, 2.45) is 0 Å². The normalized spacial score (nSPS) is 14.3. The van der Waals surface area contributed by atoms with Crippen LogP contribution < -0.4 is 5.32 Å². The van der Waals surface area contributed by atoms with Crippen molar-refractivity contribution in [2.75, 3.05) is 13.1 Å². The molecule has 0 aliphatic carbocycles. The number of hydrogen-bond donors (Lipinski definition) is 1. The number of piperidine rings is 1. The SMILES string of the molecule is c1ccc(Cn2cc(-c3cccc(-c4ncc(-c5cnn(C6CCNCC6)c5)cn4)c3)cn2)cc1. The molecular weight excluding hydrogens is 434 g/mol. The summed E-state index contributed by atoms with van der Waals surface area (Å²) < 4.78 is 4.05. The molecule has 1 fully saturated rings. The third kappa shape index (κ3) is 4.76. The fraction of sp³-hybridized carbons (Fsp3) is 0.214. The number of aromatic nitrogens is 6. The van der Waals surface area contributed by atoms with E-state index in [1.165, 1.54) is 5.56 Å². The minimum absolute atomic E-state index is 0.463. The lowest BCUT2D eigenvalue weighted by Gasteiger charge is -2.22. The number of rotatable bonds is 6. The van der Waals surface area contributed by atoms with Crippen molar-refractivity contribution in [1.82, 2.24) is 34.8 Å². The van der Waals surface area contributed by atoms with Gasteiger partial charge in [0.2, 0.25) is 0 Å². The quantitative estimate of drug-likeness (QED) is 0.392. The van der Waals surface area contributed by atoms with Crippen molar-refractivity contribution in [3.63, 3.8) is 0 Å². The summed E-state index contributed by atoms with van der Waals surface area (Å²) in [7, 11) is 0. The topological polar surface area (TPSA) is 73.5 Å². The van der Waals surface area contributed by atoms with Crippen LogP contribution in [0.1, 0.15) is 24.4 Å². The maximum atomic E-state index is 4.66.